The van der Waals surface area contributed by atoms with Crippen LogP contribution in [0.2, 0.25) is 0 Å². The smallest absolute Gasteiger partial charge is 0.255 e. The number of carbonyl (C=O) groups excluding carboxylic acids is 1. The van der Waals surface area contributed by atoms with Gasteiger partial charge in [-0.3, -0.25) is 9.89 Å². The summed E-state index contributed by atoms with van der Waals surface area (Å²) in [6.07, 6.45) is 1.70. The van der Waals surface area contributed by atoms with E-state index in [0.29, 0.717) is 17.0 Å². The Hall–Kier alpha value is -4.92. The molecule has 37 heavy (non-hydrogen) atoms. The van der Waals surface area contributed by atoms with E-state index in [-0.39, 0.29) is 11.7 Å². The van der Waals surface area contributed by atoms with Gasteiger partial charge in [-0.1, -0.05) is 12.1 Å². The fourth-order valence-corrected chi connectivity index (χ4v) is 4.64. The van der Waals surface area contributed by atoms with Gasteiger partial charge >= 0.3 is 0 Å². The van der Waals surface area contributed by atoms with Crippen molar-refractivity contribution in [1.29, 1.82) is 0 Å². The van der Waals surface area contributed by atoms with Gasteiger partial charge in [0.2, 0.25) is 0 Å². The average molecular weight is 495 g/mol. The number of aromatic nitrogens is 4. The molecule has 1 aliphatic heterocycles. The zero-order chi connectivity index (χ0) is 25.5. The Balaban J connectivity index is 1.41. The number of rotatable bonds is 5. The predicted octanol–water partition coefficient (Wildman–Crippen LogP) is 5.50. The van der Waals surface area contributed by atoms with Gasteiger partial charge < -0.3 is 15.4 Å². The lowest BCUT2D eigenvalue weighted by atomic mass is 9.94. The monoisotopic (exact) mass is 494 g/mol. The fourth-order valence-electron chi connectivity index (χ4n) is 4.64. The van der Waals surface area contributed by atoms with Crippen LogP contribution < -0.4 is 15.4 Å². The second-order valence-corrected chi connectivity index (χ2v) is 8.83. The molecule has 2 aromatic heterocycles. The van der Waals surface area contributed by atoms with Crippen molar-refractivity contribution in [2.24, 2.45) is 0 Å². The molecule has 5 aromatic rings. The lowest BCUT2D eigenvalue weighted by molar-refractivity contribution is -0.113. The van der Waals surface area contributed by atoms with E-state index in [2.05, 4.69) is 20.8 Å². The van der Waals surface area contributed by atoms with E-state index in [1.807, 2.05) is 55.5 Å². The largest absolute Gasteiger partial charge is 0.497 e. The van der Waals surface area contributed by atoms with Gasteiger partial charge in [0.15, 0.2) is 0 Å². The quantitative estimate of drug-likeness (QED) is 0.300. The molecule has 0 saturated heterocycles. The number of nitrogens with zero attached hydrogens (tertiary/aromatic N) is 3. The van der Waals surface area contributed by atoms with Gasteiger partial charge in [-0.2, -0.15) is 10.2 Å². The number of halogens is 1. The third kappa shape index (κ3) is 4.10. The summed E-state index contributed by atoms with van der Waals surface area (Å²) in [5, 5.41) is 19.0. The van der Waals surface area contributed by atoms with E-state index in [4.69, 9.17) is 9.84 Å². The first-order chi connectivity index (χ1) is 18.0. The molecule has 9 heteroatoms. The molecular formula is C28H23FN6O2. The first-order valence-electron chi connectivity index (χ1n) is 11.7. The number of H-pyrrole nitrogens is 1. The summed E-state index contributed by atoms with van der Waals surface area (Å²) in [6.45, 7) is 1.86. The minimum absolute atomic E-state index is 0.283. The topological polar surface area (TPSA) is 96.9 Å². The van der Waals surface area contributed by atoms with Crippen LogP contribution in [0.5, 0.6) is 5.75 Å². The SMILES string of the molecule is COc1ccc(-c2cc3n(n2)C(c2ccc(F)cc2)C(C(=O)Nc2ccc4[nH]ncc4c2)=C(C)N3)cc1. The third-order valence-electron chi connectivity index (χ3n) is 6.49. The number of amides is 1. The number of allylic oxidation sites excluding steroid dienone is 1. The predicted molar refractivity (Wildman–Crippen MR) is 140 cm³/mol. The highest BCUT2D eigenvalue weighted by Gasteiger charge is 2.33. The zero-order valence-electron chi connectivity index (χ0n) is 20.1. The van der Waals surface area contributed by atoms with Crippen LogP contribution in [0.4, 0.5) is 15.9 Å². The summed E-state index contributed by atoms with van der Waals surface area (Å²) in [7, 11) is 1.62. The highest BCUT2D eigenvalue weighted by molar-refractivity contribution is 6.06. The Morgan fingerprint density at radius 3 is 2.59 bits per heavy atom. The Labute approximate surface area is 211 Å². The highest BCUT2D eigenvalue weighted by atomic mass is 19.1. The molecule has 0 saturated carbocycles. The van der Waals surface area contributed by atoms with Gasteiger partial charge in [0.1, 0.15) is 23.4 Å². The first-order valence-corrected chi connectivity index (χ1v) is 11.7. The van der Waals surface area contributed by atoms with Gasteiger partial charge in [-0.15, -0.1) is 0 Å². The number of aromatic amines is 1. The molecule has 8 nitrogen and oxygen atoms in total. The lowest BCUT2D eigenvalue weighted by Gasteiger charge is -2.29. The molecule has 6 rings (SSSR count). The van der Waals surface area contributed by atoms with Crippen molar-refractivity contribution in [3.05, 3.63) is 102 Å². The van der Waals surface area contributed by atoms with Crippen LogP contribution in [0.25, 0.3) is 22.2 Å². The van der Waals surface area contributed by atoms with Gasteiger partial charge in [0.05, 0.1) is 30.1 Å². The van der Waals surface area contributed by atoms with Crippen molar-refractivity contribution in [3.8, 4) is 17.0 Å². The summed E-state index contributed by atoms with van der Waals surface area (Å²) in [5.41, 5.74) is 5.06. The van der Waals surface area contributed by atoms with Crippen LogP contribution in [-0.4, -0.2) is 33.0 Å². The number of hydrogen-bond donors (Lipinski definition) is 3. The maximum absolute atomic E-state index is 13.8. The molecule has 3 aromatic carbocycles. The van der Waals surface area contributed by atoms with E-state index < -0.39 is 6.04 Å². The van der Waals surface area contributed by atoms with Gasteiger partial charge in [-0.25, -0.2) is 9.07 Å². The minimum atomic E-state index is -0.568. The van der Waals surface area contributed by atoms with Gasteiger partial charge in [-0.05, 0) is 67.1 Å². The summed E-state index contributed by atoms with van der Waals surface area (Å²) < 4.78 is 20.9. The summed E-state index contributed by atoms with van der Waals surface area (Å²) in [5.74, 6) is 0.848. The molecule has 0 spiro atoms. The molecule has 1 amide bonds. The molecule has 3 heterocycles. The van der Waals surface area contributed by atoms with Crippen molar-refractivity contribution in [3.63, 3.8) is 0 Å². The summed E-state index contributed by atoms with van der Waals surface area (Å²) >= 11 is 0. The molecule has 3 N–H and O–H groups in total. The number of carbonyl (C=O) groups is 1. The maximum atomic E-state index is 13.8. The van der Waals surface area contributed by atoms with Gasteiger partial charge in [0, 0.05) is 28.4 Å². The zero-order valence-corrected chi connectivity index (χ0v) is 20.1. The maximum Gasteiger partial charge on any atom is 0.255 e. The molecule has 0 bridgehead atoms. The van der Waals surface area contributed by atoms with Crippen LogP contribution in [-0.2, 0) is 4.79 Å². The normalized spacial score (nSPS) is 14.8. The number of anilines is 2. The standard InChI is InChI=1S/C28H23FN6O2/c1-16-26(28(36)32-21-9-12-23-19(13-21)15-30-33-23)27(18-3-7-20(29)8-4-18)35-25(31-16)14-24(34-35)17-5-10-22(37-2)11-6-17/h3-15,27,31H,1-2H3,(H,30,33)(H,32,36). The van der Waals surface area contributed by atoms with E-state index in [9.17, 15) is 9.18 Å². The van der Waals surface area contributed by atoms with Crippen LogP contribution in [0.1, 0.15) is 18.5 Å². The van der Waals surface area contributed by atoms with Crippen LogP contribution in [0.3, 0.4) is 0 Å². The molecule has 1 aliphatic rings. The van der Waals surface area contributed by atoms with Crippen molar-refractivity contribution < 1.29 is 13.9 Å². The molecular weight excluding hydrogens is 471 g/mol. The Kier molecular flexibility index (Phi) is 5.45. The minimum Gasteiger partial charge on any atom is -0.497 e. The number of hydrogen-bond acceptors (Lipinski definition) is 5. The average Bonchev–Trinajstić information content (AvgIpc) is 3.55. The molecule has 0 fully saturated rings. The van der Waals surface area contributed by atoms with Crippen LogP contribution in [0.15, 0.2) is 90.3 Å². The van der Waals surface area contributed by atoms with E-state index in [1.165, 1.54) is 12.1 Å². The van der Waals surface area contributed by atoms with Crippen molar-refractivity contribution in [2.75, 3.05) is 17.7 Å². The fraction of sp³-hybridized carbons (Fsp3) is 0.107. The van der Waals surface area contributed by atoms with Crippen LogP contribution >= 0.6 is 0 Å². The molecule has 184 valence electrons. The van der Waals surface area contributed by atoms with E-state index in [1.54, 1.807) is 30.1 Å². The van der Waals surface area contributed by atoms with E-state index in [0.717, 1.165) is 39.3 Å². The third-order valence-corrected chi connectivity index (χ3v) is 6.49. The Morgan fingerprint density at radius 1 is 1.05 bits per heavy atom. The lowest BCUT2D eigenvalue weighted by Crippen LogP contribution is -2.31. The second-order valence-electron chi connectivity index (χ2n) is 8.83. The first kappa shape index (κ1) is 22.5. The number of ether oxygens (including phenoxy) is 1. The number of fused-ring (bicyclic) bond motifs is 2. The Morgan fingerprint density at radius 2 is 1.84 bits per heavy atom. The number of benzene rings is 3. The van der Waals surface area contributed by atoms with Crippen molar-refractivity contribution in [2.45, 2.75) is 13.0 Å². The van der Waals surface area contributed by atoms with E-state index >= 15 is 0 Å². The van der Waals surface area contributed by atoms with Crippen molar-refractivity contribution in [1.82, 2.24) is 20.0 Å². The summed E-state index contributed by atoms with van der Waals surface area (Å²) in [6, 6.07) is 20.7. The molecule has 1 unspecified atom stereocenters. The molecule has 0 aliphatic carbocycles. The number of nitrogens with one attached hydrogen (secondary N) is 3. The Bertz CT molecular complexity index is 1650. The summed E-state index contributed by atoms with van der Waals surface area (Å²) in [4.78, 5) is 13.7. The van der Waals surface area contributed by atoms with Gasteiger partial charge in [0.25, 0.3) is 5.91 Å². The molecule has 0 radical (unpaired) electrons. The van der Waals surface area contributed by atoms with Crippen molar-refractivity contribution >= 4 is 28.3 Å². The molecule has 1 atom stereocenters. The number of methoxy groups -OCH3 is 1. The van der Waals surface area contributed by atoms with Crippen LogP contribution in [0, 0.1) is 5.82 Å². The highest BCUT2D eigenvalue weighted by Crippen LogP contribution is 2.38. The second kappa shape index (κ2) is 8.94.